The largest absolute Gasteiger partial charge is 0.294 e. The summed E-state index contributed by atoms with van der Waals surface area (Å²) >= 11 is 2.58. The number of carbonyl (C=O) groups is 3. The number of ketones is 1. The number of amides is 2. The van der Waals surface area contributed by atoms with E-state index in [1.54, 1.807) is 29.5 Å². The number of carbonyl (C=O) groups excluding carboxylic acids is 3. The van der Waals surface area contributed by atoms with E-state index >= 15 is 0 Å². The molecule has 138 valence electrons. The summed E-state index contributed by atoms with van der Waals surface area (Å²) in [6.07, 6.45) is 0.0522. The molecule has 1 aromatic heterocycles. The van der Waals surface area contributed by atoms with Gasteiger partial charge in [0.05, 0.1) is 5.75 Å². The van der Waals surface area contributed by atoms with E-state index in [1.807, 2.05) is 19.9 Å². The first-order valence-corrected chi connectivity index (χ1v) is 9.72. The fourth-order valence-corrected chi connectivity index (χ4v) is 3.89. The van der Waals surface area contributed by atoms with Gasteiger partial charge >= 0.3 is 0 Å². The average Bonchev–Trinajstić information content (AvgIpc) is 2.95. The molecule has 1 aromatic carbocycles. The Hall–Kier alpha value is -2.19. The predicted molar refractivity (Wildman–Crippen MR) is 101 cm³/mol. The fourth-order valence-electron chi connectivity index (χ4n) is 2.21. The molecule has 0 saturated heterocycles. The third kappa shape index (κ3) is 5.96. The van der Waals surface area contributed by atoms with Crippen LogP contribution >= 0.6 is 23.1 Å². The zero-order valence-corrected chi connectivity index (χ0v) is 16.1. The number of benzene rings is 1. The van der Waals surface area contributed by atoms with Gasteiger partial charge in [0.25, 0.3) is 0 Å². The number of aryl methyl sites for hydroxylation is 2. The van der Waals surface area contributed by atoms with E-state index in [1.165, 1.54) is 6.07 Å². The SMILES string of the molecule is Cc1cc(C(=O)CCC(=O)NNC(=O)CSc2ccccc2F)c(C)s1. The molecule has 0 fully saturated rings. The van der Waals surface area contributed by atoms with Crippen molar-refractivity contribution in [2.75, 3.05) is 5.75 Å². The van der Waals surface area contributed by atoms with Gasteiger partial charge in [-0.1, -0.05) is 12.1 Å². The van der Waals surface area contributed by atoms with E-state index in [-0.39, 0.29) is 24.4 Å². The van der Waals surface area contributed by atoms with Crippen molar-refractivity contribution in [1.82, 2.24) is 10.9 Å². The van der Waals surface area contributed by atoms with Crippen molar-refractivity contribution >= 4 is 40.7 Å². The fraction of sp³-hybridized carbons (Fsp3) is 0.278. The van der Waals surface area contributed by atoms with Crippen LogP contribution in [0.25, 0.3) is 0 Å². The number of thioether (sulfide) groups is 1. The van der Waals surface area contributed by atoms with Crippen molar-refractivity contribution in [1.29, 1.82) is 0 Å². The standard InChI is InChI=1S/C18H19FN2O3S2/c1-11-9-13(12(2)26-11)15(22)7-8-17(23)20-21-18(24)10-25-16-6-4-3-5-14(16)19/h3-6,9H,7-8,10H2,1-2H3,(H,20,23)(H,21,24). The predicted octanol–water partition coefficient (Wildman–Crippen LogP) is 3.41. The van der Waals surface area contributed by atoms with Crippen LogP contribution in [0.3, 0.4) is 0 Å². The van der Waals surface area contributed by atoms with E-state index in [0.717, 1.165) is 21.5 Å². The highest BCUT2D eigenvalue weighted by Gasteiger charge is 2.14. The summed E-state index contributed by atoms with van der Waals surface area (Å²) in [6, 6.07) is 7.96. The van der Waals surface area contributed by atoms with Crippen molar-refractivity contribution in [2.45, 2.75) is 31.6 Å². The Bertz CT molecular complexity index is 821. The Balaban J connectivity index is 1.69. The van der Waals surface area contributed by atoms with Gasteiger partial charge in [-0.2, -0.15) is 0 Å². The number of hydrogen-bond acceptors (Lipinski definition) is 5. The zero-order chi connectivity index (χ0) is 19.1. The summed E-state index contributed by atoms with van der Waals surface area (Å²) in [5.74, 6) is -1.43. The molecule has 26 heavy (non-hydrogen) atoms. The Morgan fingerprint density at radius 2 is 1.77 bits per heavy atom. The van der Waals surface area contributed by atoms with Gasteiger partial charge in [-0.05, 0) is 32.0 Å². The average molecular weight is 394 g/mol. The van der Waals surface area contributed by atoms with Crippen molar-refractivity contribution in [3.05, 3.63) is 51.5 Å². The lowest BCUT2D eigenvalue weighted by Gasteiger charge is -2.07. The molecule has 0 unspecified atom stereocenters. The maximum Gasteiger partial charge on any atom is 0.248 e. The summed E-state index contributed by atoms with van der Waals surface area (Å²) < 4.78 is 13.4. The van der Waals surface area contributed by atoms with Crippen LogP contribution in [0.15, 0.2) is 35.2 Å². The Morgan fingerprint density at radius 3 is 2.42 bits per heavy atom. The molecule has 2 N–H and O–H groups in total. The van der Waals surface area contributed by atoms with Crippen LogP contribution in [0, 0.1) is 19.7 Å². The molecule has 1 heterocycles. The van der Waals surface area contributed by atoms with E-state index in [2.05, 4.69) is 10.9 Å². The molecule has 5 nitrogen and oxygen atoms in total. The van der Waals surface area contributed by atoms with Crippen LogP contribution in [0.5, 0.6) is 0 Å². The van der Waals surface area contributed by atoms with Gasteiger partial charge in [-0.15, -0.1) is 23.1 Å². The van der Waals surface area contributed by atoms with Crippen LogP contribution in [0.2, 0.25) is 0 Å². The summed E-state index contributed by atoms with van der Waals surface area (Å²) in [6.45, 7) is 3.80. The second-order valence-corrected chi connectivity index (χ2v) is 8.04. The zero-order valence-electron chi connectivity index (χ0n) is 14.4. The molecule has 2 amide bonds. The van der Waals surface area contributed by atoms with Crippen LogP contribution in [0.1, 0.15) is 33.0 Å². The number of nitrogens with one attached hydrogen (secondary N) is 2. The highest BCUT2D eigenvalue weighted by Crippen LogP contribution is 2.22. The third-order valence-corrected chi connectivity index (χ3v) is 5.47. The first-order valence-electron chi connectivity index (χ1n) is 7.92. The molecule has 0 bridgehead atoms. The van der Waals surface area contributed by atoms with Gasteiger partial charge in [0.15, 0.2) is 5.78 Å². The van der Waals surface area contributed by atoms with Crippen LogP contribution in [-0.4, -0.2) is 23.4 Å². The number of thiophene rings is 1. The second kappa shape index (κ2) is 9.49. The van der Waals surface area contributed by atoms with Gasteiger partial charge in [-0.3, -0.25) is 25.2 Å². The number of rotatable bonds is 7. The Labute approximate surface area is 159 Å². The minimum Gasteiger partial charge on any atom is -0.294 e. The second-order valence-electron chi connectivity index (χ2n) is 5.57. The van der Waals surface area contributed by atoms with Gasteiger partial charge in [0.2, 0.25) is 11.8 Å². The summed E-state index contributed by atoms with van der Waals surface area (Å²) in [5, 5.41) is 0. The Morgan fingerprint density at radius 1 is 1.08 bits per heavy atom. The lowest BCUT2D eigenvalue weighted by molar-refractivity contribution is -0.127. The van der Waals surface area contributed by atoms with E-state index in [4.69, 9.17) is 0 Å². The number of hydrazine groups is 1. The summed E-state index contributed by atoms with van der Waals surface area (Å²) in [5.41, 5.74) is 5.17. The first kappa shape index (κ1) is 20.1. The summed E-state index contributed by atoms with van der Waals surface area (Å²) in [4.78, 5) is 37.9. The molecule has 2 aromatic rings. The molecular weight excluding hydrogens is 375 g/mol. The molecule has 0 aliphatic heterocycles. The van der Waals surface area contributed by atoms with Gasteiger partial charge < -0.3 is 0 Å². The van der Waals surface area contributed by atoms with Crippen molar-refractivity contribution in [2.24, 2.45) is 0 Å². The molecule has 0 aliphatic carbocycles. The topological polar surface area (TPSA) is 75.3 Å². The minimum atomic E-state index is -0.456. The maximum atomic E-state index is 13.4. The third-order valence-electron chi connectivity index (χ3n) is 3.46. The highest BCUT2D eigenvalue weighted by atomic mass is 32.2. The van der Waals surface area contributed by atoms with E-state index in [9.17, 15) is 18.8 Å². The molecular formula is C18H19FN2O3S2. The smallest absolute Gasteiger partial charge is 0.248 e. The van der Waals surface area contributed by atoms with E-state index < -0.39 is 17.6 Å². The normalized spacial score (nSPS) is 10.4. The highest BCUT2D eigenvalue weighted by molar-refractivity contribution is 8.00. The Kier molecular flexibility index (Phi) is 7.35. The van der Waals surface area contributed by atoms with Crippen LogP contribution < -0.4 is 10.9 Å². The molecule has 0 aliphatic rings. The number of halogens is 1. The van der Waals surface area contributed by atoms with Crippen molar-refractivity contribution in [3.8, 4) is 0 Å². The van der Waals surface area contributed by atoms with Gasteiger partial charge in [-0.25, -0.2) is 4.39 Å². The number of hydrogen-bond donors (Lipinski definition) is 2. The molecule has 0 atom stereocenters. The quantitative estimate of drug-likeness (QED) is 0.429. The maximum absolute atomic E-state index is 13.4. The van der Waals surface area contributed by atoms with Crippen LogP contribution in [-0.2, 0) is 9.59 Å². The lowest BCUT2D eigenvalue weighted by atomic mass is 10.1. The van der Waals surface area contributed by atoms with Crippen LogP contribution in [0.4, 0.5) is 4.39 Å². The molecule has 0 saturated carbocycles. The lowest BCUT2D eigenvalue weighted by Crippen LogP contribution is -2.42. The first-order chi connectivity index (χ1) is 12.4. The molecule has 0 spiro atoms. The van der Waals surface area contributed by atoms with Gasteiger partial charge in [0.1, 0.15) is 5.82 Å². The molecule has 0 radical (unpaired) electrons. The molecule has 8 heteroatoms. The summed E-state index contributed by atoms with van der Waals surface area (Å²) in [7, 11) is 0. The molecule has 2 rings (SSSR count). The van der Waals surface area contributed by atoms with Crippen molar-refractivity contribution in [3.63, 3.8) is 0 Å². The van der Waals surface area contributed by atoms with E-state index in [0.29, 0.717) is 10.5 Å². The van der Waals surface area contributed by atoms with Crippen molar-refractivity contribution < 1.29 is 18.8 Å². The number of Topliss-reactive ketones (excluding diaryl/α,β-unsaturated/α-hetero) is 1. The minimum absolute atomic E-state index is 0.0199. The monoisotopic (exact) mass is 394 g/mol. The van der Waals surface area contributed by atoms with Gasteiger partial charge in [0, 0.05) is 33.1 Å².